The van der Waals surface area contributed by atoms with Gasteiger partial charge >= 0.3 is 6.18 Å². The molecule has 1 amide bonds. The Morgan fingerprint density at radius 1 is 1.18 bits per heavy atom. The number of nitrogens with one attached hydrogen (secondary N) is 2. The van der Waals surface area contributed by atoms with E-state index in [1.54, 1.807) is 12.1 Å². The number of amides is 1. The van der Waals surface area contributed by atoms with Crippen molar-refractivity contribution in [3.8, 4) is 0 Å². The van der Waals surface area contributed by atoms with Gasteiger partial charge in [-0.1, -0.05) is 18.2 Å². The van der Waals surface area contributed by atoms with Crippen LogP contribution in [0.15, 0.2) is 35.3 Å². The summed E-state index contributed by atoms with van der Waals surface area (Å²) in [5.41, 5.74) is 0.692. The van der Waals surface area contributed by atoms with Crippen LogP contribution < -0.4 is 10.6 Å². The largest absolute Gasteiger partial charge is 0.403 e. The molecule has 28 heavy (non-hydrogen) atoms. The first-order chi connectivity index (χ1) is 12.8. The SMILES string of the molecule is CCNC(=NCC(=O)Nc1ccccc1)N1CCN(C(C)C(F)(F)F)CC1.I. The van der Waals surface area contributed by atoms with Crippen LogP contribution in [0.1, 0.15) is 13.8 Å². The standard InChI is InChI=1S/C18H26F3N5O.HI/c1-3-22-17(23-13-16(27)24-15-7-5-4-6-8-15)26-11-9-25(10-12-26)14(2)18(19,20)21;/h4-8,14H,3,9-13H2,1-2H3,(H,22,23)(H,24,27);1H. The number of piperazine rings is 1. The van der Waals surface area contributed by atoms with Crippen molar-refractivity contribution in [3.05, 3.63) is 30.3 Å². The molecule has 0 spiro atoms. The van der Waals surface area contributed by atoms with Crippen molar-refractivity contribution in [2.24, 2.45) is 4.99 Å². The number of carbonyl (C=O) groups is 1. The lowest BCUT2D eigenvalue weighted by molar-refractivity contribution is -0.181. The minimum Gasteiger partial charge on any atom is -0.357 e. The van der Waals surface area contributed by atoms with Gasteiger partial charge in [0.25, 0.3) is 0 Å². The van der Waals surface area contributed by atoms with E-state index in [0.717, 1.165) is 0 Å². The molecule has 2 N–H and O–H groups in total. The lowest BCUT2D eigenvalue weighted by Gasteiger charge is -2.39. The first kappa shape index (κ1) is 24.5. The van der Waals surface area contributed by atoms with Crippen molar-refractivity contribution in [2.75, 3.05) is 44.6 Å². The Morgan fingerprint density at radius 3 is 2.32 bits per heavy atom. The average Bonchev–Trinajstić information content (AvgIpc) is 2.65. The summed E-state index contributed by atoms with van der Waals surface area (Å²) >= 11 is 0. The molecule has 1 aromatic carbocycles. The average molecular weight is 513 g/mol. The van der Waals surface area contributed by atoms with Crippen molar-refractivity contribution >= 4 is 41.5 Å². The molecule has 158 valence electrons. The number of halogens is 4. The summed E-state index contributed by atoms with van der Waals surface area (Å²) in [5, 5.41) is 5.86. The van der Waals surface area contributed by atoms with Gasteiger partial charge in [0.15, 0.2) is 5.96 Å². The van der Waals surface area contributed by atoms with Crippen LogP contribution in [0.4, 0.5) is 18.9 Å². The van der Waals surface area contributed by atoms with Crippen LogP contribution in [-0.4, -0.2) is 73.2 Å². The first-order valence-electron chi connectivity index (χ1n) is 9.00. The van der Waals surface area contributed by atoms with E-state index in [1.807, 2.05) is 30.0 Å². The fraction of sp³-hybridized carbons (Fsp3) is 0.556. The van der Waals surface area contributed by atoms with E-state index in [0.29, 0.717) is 44.4 Å². The molecule has 1 aromatic rings. The third kappa shape index (κ3) is 7.46. The molecular weight excluding hydrogens is 486 g/mol. The number of hydrogen-bond acceptors (Lipinski definition) is 3. The molecule has 0 bridgehead atoms. The fourth-order valence-electron chi connectivity index (χ4n) is 2.82. The highest BCUT2D eigenvalue weighted by Gasteiger charge is 2.41. The predicted molar refractivity (Wildman–Crippen MR) is 115 cm³/mol. The maximum absolute atomic E-state index is 12.9. The van der Waals surface area contributed by atoms with Crippen molar-refractivity contribution in [2.45, 2.75) is 26.1 Å². The normalized spacial score (nSPS) is 16.9. The van der Waals surface area contributed by atoms with Gasteiger partial charge in [-0.05, 0) is 26.0 Å². The maximum Gasteiger partial charge on any atom is 0.403 e. The summed E-state index contributed by atoms with van der Waals surface area (Å²) in [6.07, 6.45) is -4.23. The van der Waals surface area contributed by atoms with E-state index in [-0.39, 0.29) is 36.4 Å². The molecule has 6 nitrogen and oxygen atoms in total. The Balaban J connectivity index is 0.00000392. The van der Waals surface area contributed by atoms with Crippen LogP contribution in [0.5, 0.6) is 0 Å². The molecular formula is C18H27F3IN5O. The second-order valence-electron chi connectivity index (χ2n) is 6.32. The van der Waals surface area contributed by atoms with Gasteiger partial charge in [0.2, 0.25) is 5.91 Å². The molecule has 1 aliphatic rings. The summed E-state index contributed by atoms with van der Waals surface area (Å²) in [7, 11) is 0. The van der Waals surface area contributed by atoms with Crippen molar-refractivity contribution < 1.29 is 18.0 Å². The van der Waals surface area contributed by atoms with Gasteiger partial charge in [-0.3, -0.25) is 9.69 Å². The number of nitrogens with zero attached hydrogens (tertiary/aromatic N) is 3. The number of anilines is 1. The minimum atomic E-state index is -4.23. The Labute approximate surface area is 180 Å². The van der Waals surface area contributed by atoms with Crippen LogP contribution in [0, 0.1) is 0 Å². The van der Waals surface area contributed by atoms with Gasteiger partial charge in [0.05, 0.1) is 0 Å². The predicted octanol–water partition coefficient (Wildman–Crippen LogP) is 2.78. The van der Waals surface area contributed by atoms with Gasteiger partial charge < -0.3 is 15.5 Å². The Kier molecular flexibility index (Phi) is 10.0. The number of rotatable bonds is 5. The lowest BCUT2D eigenvalue weighted by atomic mass is 10.2. The number of para-hydroxylation sites is 1. The monoisotopic (exact) mass is 513 g/mol. The molecule has 0 aromatic heterocycles. The van der Waals surface area contributed by atoms with Crippen molar-refractivity contribution in [1.29, 1.82) is 0 Å². The smallest absolute Gasteiger partial charge is 0.357 e. The molecule has 1 saturated heterocycles. The molecule has 2 rings (SSSR count). The van der Waals surface area contributed by atoms with Gasteiger partial charge in [-0.2, -0.15) is 13.2 Å². The maximum atomic E-state index is 12.9. The van der Waals surface area contributed by atoms with Gasteiger partial charge in [0.1, 0.15) is 12.6 Å². The highest BCUT2D eigenvalue weighted by atomic mass is 127. The lowest BCUT2D eigenvalue weighted by Crippen LogP contribution is -2.56. The van der Waals surface area contributed by atoms with Gasteiger partial charge in [-0.15, -0.1) is 24.0 Å². The quantitative estimate of drug-likeness (QED) is 0.362. The van der Waals surface area contributed by atoms with Crippen LogP contribution in [-0.2, 0) is 4.79 Å². The van der Waals surface area contributed by atoms with E-state index in [1.165, 1.54) is 11.8 Å². The van der Waals surface area contributed by atoms with Crippen LogP contribution >= 0.6 is 24.0 Å². The summed E-state index contributed by atoms with van der Waals surface area (Å²) in [4.78, 5) is 19.7. The van der Waals surface area contributed by atoms with E-state index < -0.39 is 12.2 Å². The van der Waals surface area contributed by atoms with E-state index in [4.69, 9.17) is 0 Å². The number of alkyl halides is 3. The number of hydrogen-bond donors (Lipinski definition) is 2. The van der Waals surface area contributed by atoms with Crippen LogP contribution in [0.3, 0.4) is 0 Å². The van der Waals surface area contributed by atoms with Crippen molar-refractivity contribution in [1.82, 2.24) is 15.1 Å². The molecule has 1 heterocycles. The van der Waals surface area contributed by atoms with Gasteiger partial charge in [0, 0.05) is 38.4 Å². The summed E-state index contributed by atoms with van der Waals surface area (Å²) < 4.78 is 38.6. The molecule has 0 saturated carbocycles. The number of guanidine groups is 1. The second-order valence-corrected chi connectivity index (χ2v) is 6.32. The highest BCUT2D eigenvalue weighted by molar-refractivity contribution is 14.0. The Morgan fingerprint density at radius 2 is 1.79 bits per heavy atom. The molecule has 1 aliphatic heterocycles. The second kappa shape index (κ2) is 11.4. The van der Waals surface area contributed by atoms with E-state index >= 15 is 0 Å². The number of aliphatic imine (C=N–C) groups is 1. The minimum absolute atomic E-state index is 0. The summed E-state index contributed by atoms with van der Waals surface area (Å²) in [6, 6.07) is 7.61. The molecule has 0 aliphatic carbocycles. The zero-order valence-corrected chi connectivity index (χ0v) is 18.3. The Bertz CT molecular complexity index is 634. The number of benzene rings is 1. The summed E-state index contributed by atoms with van der Waals surface area (Å²) in [6.45, 7) is 5.07. The molecule has 0 radical (unpaired) electrons. The molecule has 1 atom stereocenters. The molecule has 1 unspecified atom stereocenters. The van der Waals surface area contributed by atoms with E-state index in [2.05, 4.69) is 15.6 Å². The third-order valence-corrected chi connectivity index (χ3v) is 4.40. The van der Waals surface area contributed by atoms with Crippen LogP contribution in [0.2, 0.25) is 0 Å². The third-order valence-electron chi connectivity index (χ3n) is 4.40. The topological polar surface area (TPSA) is 60.0 Å². The highest BCUT2D eigenvalue weighted by Crippen LogP contribution is 2.25. The van der Waals surface area contributed by atoms with Crippen molar-refractivity contribution in [3.63, 3.8) is 0 Å². The fourth-order valence-corrected chi connectivity index (χ4v) is 2.82. The molecule has 10 heteroatoms. The molecule has 1 fully saturated rings. The van der Waals surface area contributed by atoms with Crippen LogP contribution in [0.25, 0.3) is 0 Å². The zero-order chi connectivity index (χ0) is 19.9. The zero-order valence-electron chi connectivity index (χ0n) is 16.0. The first-order valence-corrected chi connectivity index (χ1v) is 9.00. The van der Waals surface area contributed by atoms with E-state index in [9.17, 15) is 18.0 Å². The van der Waals surface area contributed by atoms with Gasteiger partial charge in [-0.25, -0.2) is 4.99 Å². The number of carbonyl (C=O) groups excluding carboxylic acids is 1. The summed E-state index contributed by atoms with van der Waals surface area (Å²) in [5.74, 6) is 0.293. The Hall–Kier alpha value is -1.56.